The van der Waals surface area contributed by atoms with E-state index in [1.54, 1.807) is 0 Å². The first-order valence-corrected chi connectivity index (χ1v) is 6.76. The average molecular weight is 227 g/mol. The lowest BCUT2D eigenvalue weighted by Gasteiger charge is -2.41. The number of rotatable bonds is 4. The molecule has 0 atom stereocenters. The molecule has 0 heterocycles. The molecule has 0 bridgehead atoms. The van der Waals surface area contributed by atoms with Crippen molar-refractivity contribution in [2.75, 3.05) is 13.2 Å². The van der Waals surface area contributed by atoms with Gasteiger partial charge in [-0.1, -0.05) is 6.92 Å². The second-order valence-corrected chi connectivity index (χ2v) is 6.40. The summed E-state index contributed by atoms with van der Waals surface area (Å²) in [4.78, 5) is 0. The number of hydrogen-bond donors (Lipinski definition) is 1. The smallest absolute Gasteiger partial charge is 0.0806 e. The molecule has 0 unspecified atom stereocenters. The topological polar surface area (TPSA) is 21.3 Å². The van der Waals surface area contributed by atoms with Gasteiger partial charge in [-0.05, 0) is 59.3 Å². The monoisotopic (exact) mass is 227 g/mol. The van der Waals surface area contributed by atoms with Crippen LogP contribution in [0.5, 0.6) is 0 Å². The minimum atomic E-state index is 0.106. The molecule has 0 radical (unpaired) electrons. The van der Waals surface area contributed by atoms with E-state index >= 15 is 0 Å². The van der Waals surface area contributed by atoms with Gasteiger partial charge in [0.05, 0.1) is 5.60 Å². The lowest BCUT2D eigenvalue weighted by atomic mass is 9.79. The zero-order valence-corrected chi connectivity index (χ0v) is 11.7. The van der Waals surface area contributed by atoms with Crippen LogP contribution in [-0.4, -0.2) is 24.3 Å². The molecule has 0 aromatic carbocycles. The normalized spacial score (nSPS) is 31.7. The Kier molecular flexibility index (Phi) is 4.81. The van der Waals surface area contributed by atoms with Crippen molar-refractivity contribution in [1.29, 1.82) is 0 Å². The molecule has 2 heteroatoms. The second kappa shape index (κ2) is 5.50. The Bertz CT molecular complexity index is 199. The lowest BCUT2D eigenvalue weighted by Crippen LogP contribution is -2.50. The third-order valence-corrected chi connectivity index (χ3v) is 3.58. The molecule has 0 saturated heterocycles. The Hall–Kier alpha value is -0.0800. The van der Waals surface area contributed by atoms with E-state index in [0.29, 0.717) is 0 Å². The molecule has 0 aliphatic heterocycles. The summed E-state index contributed by atoms with van der Waals surface area (Å²) in [5.41, 5.74) is 0.293. The summed E-state index contributed by atoms with van der Waals surface area (Å²) in [5.74, 6) is 0.878. The Morgan fingerprint density at radius 2 is 1.81 bits per heavy atom. The van der Waals surface area contributed by atoms with Gasteiger partial charge in [0.25, 0.3) is 0 Å². The van der Waals surface area contributed by atoms with Crippen LogP contribution in [0.3, 0.4) is 0 Å². The minimum absolute atomic E-state index is 0.106. The Labute approximate surface area is 101 Å². The van der Waals surface area contributed by atoms with Gasteiger partial charge in [0.2, 0.25) is 0 Å². The molecule has 1 aliphatic carbocycles. The van der Waals surface area contributed by atoms with E-state index in [1.165, 1.54) is 25.7 Å². The van der Waals surface area contributed by atoms with Crippen LogP contribution < -0.4 is 5.32 Å². The maximum absolute atomic E-state index is 6.05. The third kappa shape index (κ3) is 4.42. The summed E-state index contributed by atoms with van der Waals surface area (Å²) in [5, 5.41) is 3.61. The van der Waals surface area contributed by atoms with E-state index in [1.807, 2.05) is 0 Å². The molecule has 16 heavy (non-hydrogen) atoms. The van der Waals surface area contributed by atoms with Gasteiger partial charge in [0.1, 0.15) is 0 Å². The van der Waals surface area contributed by atoms with Crippen LogP contribution in [0.15, 0.2) is 0 Å². The molecule has 2 nitrogen and oxygen atoms in total. The van der Waals surface area contributed by atoms with Crippen LogP contribution in [0.2, 0.25) is 0 Å². The van der Waals surface area contributed by atoms with Crippen LogP contribution >= 0.6 is 0 Å². The summed E-state index contributed by atoms with van der Waals surface area (Å²) in [6, 6.07) is 0. The molecule has 0 spiro atoms. The minimum Gasteiger partial charge on any atom is -0.374 e. The quantitative estimate of drug-likeness (QED) is 0.795. The maximum atomic E-state index is 6.05. The molecule has 0 aromatic heterocycles. The zero-order valence-electron chi connectivity index (χ0n) is 11.7. The van der Waals surface area contributed by atoms with Crippen molar-refractivity contribution in [3.05, 3.63) is 0 Å². The highest BCUT2D eigenvalue weighted by molar-refractivity contribution is 4.90. The summed E-state index contributed by atoms with van der Waals surface area (Å²) >= 11 is 0. The molecular formula is C14H29NO. The third-order valence-electron chi connectivity index (χ3n) is 3.58. The van der Waals surface area contributed by atoms with Gasteiger partial charge in [-0.2, -0.15) is 0 Å². The van der Waals surface area contributed by atoms with Crippen LogP contribution in [-0.2, 0) is 4.74 Å². The van der Waals surface area contributed by atoms with E-state index < -0.39 is 0 Å². The summed E-state index contributed by atoms with van der Waals surface area (Å²) in [6.45, 7) is 13.0. The molecular weight excluding hydrogens is 198 g/mol. The molecule has 1 rings (SSSR count). The van der Waals surface area contributed by atoms with Gasteiger partial charge in [-0.25, -0.2) is 0 Å². The Morgan fingerprint density at radius 1 is 1.25 bits per heavy atom. The molecule has 1 N–H and O–H groups in total. The second-order valence-electron chi connectivity index (χ2n) is 6.40. The first-order chi connectivity index (χ1) is 7.37. The van der Waals surface area contributed by atoms with Gasteiger partial charge < -0.3 is 10.1 Å². The van der Waals surface area contributed by atoms with E-state index in [-0.39, 0.29) is 11.1 Å². The average Bonchev–Trinajstić information content (AvgIpc) is 2.19. The van der Waals surface area contributed by atoms with Crippen molar-refractivity contribution in [2.45, 2.75) is 71.4 Å². The fraction of sp³-hybridized carbons (Fsp3) is 1.00. The van der Waals surface area contributed by atoms with Crippen molar-refractivity contribution < 1.29 is 4.74 Å². The number of nitrogens with one attached hydrogen (secondary N) is 1. The first-order valence-electron chi connectivity index (χ1n) is 6.76. The molecule has 96 valence electrons. The van der Waals surface area contributed by atoms with Gasteiger partial charge in [-0.15, -0.1) is 0 Å². The maximum Gasteiger partial charge on any atom is 0.0806 e. The van der Waals surface area contributed by atoms with E-state index in [4.69, 9.17) is 4.74 Å². The first kappa shape index (κ1) is 14.0. The summed E-state index contributed by atoms with van der Waals surface area (Å²) in [6.07, 6.45) is 5.05. The van der Waals surface area contributed by atoms with E-state index in [0.717, 1.165) is 19.1 Å². The fourth-order valence-electron chi connectivity index (χ4n) is 2.39. The predicted octanol–water partition coefficient (Wildman–Crippen LogP) is 3.36. The lowest BCUT2D eigenvalue weighted by molar-refractivity contribution is -0.0727. The fourth-order valence-corrected chi connectivity index (χ4v) is 2.39. The SMILES string of the molecule is CCOC1(CNC(C)(C)C)CCC(C)CC1. The highest BCUT2D eigenvalue weighted by Crippen LogP contribution is 2.34. The molecule has 0 amide bonds. The summed E-state index contributed by atoms with van der Waals surface area (Å²) < 4.78 is 6.05. The van der Waals surface area contributed by atoms with E-state index in [9.17, 15) is 0 Å². The molecule has 0 aromatic rings. The van der Waals surface area contributed by atoms with Crippen LogP contribution in [0, 0.1) is 5.92 Å². The zero-order chi connectivity index (χ0) is 12.2. The number of hydrogen-bond acceptors (Lipinski definition) is 2. The Morgan fingerprint density at radius 3 is 2.25 bits per heavy atom. The van der Waals surface area contributed by atoms with Crippen LogP contribution in [0.1, 0.15) is 60.3 Å². The molecule has 1 aliphatic rings. The highest BCUT2D eigenvalue weighted by atomic mass is 16.5. The van der Waals surface area contributed by atoms with Crippen molar-refractivity contribution in [1.82, 2.24) is 5.32 Å². The van der Waals surface area contributed by atoms with Crippen molar-refractivity contribution in [3.8, 4) is 0 Å². The van der Waals surface area contributed by atoms with Gasteiger partial charge in [-0.3, -0.25) is 0 Å². The standard InChI is InChI=1S/C14H29NO/c1-6-16-14(11-15-13(3,4)5)9-7-12(2)8-10-14/h12,15H,6-11H2,1-5H3. The highest BCUT2D eigenvalue weighted by Gasteiger charge is 2.35. The largest absolute Gasteiger partial charge is 0.374 e. The van der Waals surface area contributed by atoms with Gasteiger partial charge in [0, 0.05) is 18.7 Å². The van der Waals surface area contributed by atoms with Crippen molar-refractivity contribution in [3.63, 3.8) is 0 Å². The van der Waals surface area contributed by atoms with E-state index in [2.05, 4.69) is 39.9 Å². The van der Waals surface area contributed by atoms with Crippen LogP contribution in [0.25, 0.3) is 0 Å². The predicted molar refractivity (Wildman–Crippen MR) is 69.7 cm³/mol. The summed E-state index contributed by atoms with van der Waals surface area (Å²) in [7, 11) is 0. The Balaban J connectivity index is 2.52. The van der Waals surface area contributed by atoms with Crippen molar-refractivity contribution >= 4 is 0 Å². The van der Waals surface area contributed by atoms with Gasteiger partial charge in [0.15, 0.2) is 0 Å². The van der Waals surface area contributed by atoms with Crippen LogP contribution in [0.4, 0.5) is 0 Å². The number of ether oxygens (including phenoxy) is 1. The van der Waals surface area contributed by atoms with Crippen molar-refractivity contribution in [2.24, 2.45) is 5.92 Å². The molecule has 1 saturated carbocycles. The molecule has 1 fully saturated rings. The van der Waals surface area contributed by atoms with Gasteiger partial charge >= 0.3 is 0 Å².